The van der Waals surface area contributed by atoms with E-state index in [1.807, 2.05) is 42.5 Å². The molecule has 0 unspecified atom stereocenters. The normalized spacial score (nSPS) is 19.0. The van der Waals surface area contributed by atoms with Crippen LogP contribution in [0.1, 0.15) is 42.1 Å². The predicted molar refractivity (Wildman–Crippen MR) is 121 cm³/mol. The van der Waals surface area contributed by atoms with Gasteiger partial charge in [-0.05, 0) is 60.2 Å². The molecule has 4 rings (SSSR count). The molecule has 3 nitrogen and oxygen atoms in total. The molecule has 2 atom stereocenters. The fourth-order valence-electron chi connectivity index (χ4n) is 3.69. The highest BCUT2D eigenvalue weighted by atomic mass is 16.5. The van der Waals surface area contributed by atoms with Crippen molar-refractivity contribution >= 4 is 6.08 Å². The summed E-state index contributed by atoms with van der Waals surface area (Å²) < 4.78 is 17.4. The molecular weight excluding hydrogens is 372 g/mol. The molecule has 1 fully saturated rings. The minimum absolute atomic E-state index is 0.139. The van der Waals surface area contributed by atoms with Gasteiger partial charge in [0.2, 0.25) is 0 Å². The van der Waals surface area contributed by atoms with Crippen molar-refractivity contribution in [3.8, 4) is 11.5 Å². The summed E-state index contributed by atoms with van der Waals surface area (Å²) in [7, 11) is 1.69. The SMILES string of the molecule is COc1ccc([C@@H]2CCC[C@H](C=Cc3ccc(OCc4ccccc4)cc3)O2)cc1. The Morgan fingerprint density at radius 1 is 0.867 bits per heavy atom. The van der Waals surface area contributed by atoms with E-state index in [9.17, 15) is 0 Å². The summed E-state index contributed by atoms with van der Waals surface area (Å²) >= 11 is 0. The predicted octanol–water partition coefficient (Wildman–Crippen LogP) is 6.60. The summed E-state index contributed by atoms with van der Waals surface area (Å²) in [6.45, 7) is 0.582. The molecule has 0 N–H and O–H groups in total. The van der Waals surface area contributed by atoms with Crippen molar-refractivity contribution in [3.63, 3.8) is 0 Å². The molecule has 0 bridgehead atoms. The van der Waals surface area contributed by atoms with Gasteiger partial charge in [-0.15, -0.1) is 0 Å². The van der Waals surface area contributed by atoms with Crippen LogP contribution in [0.15, 0.2) is 84.9 Å². The highest BCUT2D eigenvalue weighted by Crippen LogP contribution is 2.32. The lowest BCUT2D eigenvalue weighted by molar-refractivity contribution is -0.0263. The summed E-state index contributed by atoms with van der Waals surface area (Å²) in [5, 5.41) is 0. The molecule has 0 radical (unpaired) electrons. The topological polar surface area (TPSA) is 27.7 Å². The van der Waals surface area contributed by atoms with Crippen LogP contribution in [0.2, 0.25) is 0 Å². The molecule has 1 heterocycles. The van der Waals surface area contributed by atoms with Crippen LogP contribution < -0.4 is 9.47 Å². The van der Waals surface area contributed by atoms with Gasteiger partial charge in [0.15, 0.2) is 0 Å². The van der Waals surface area contributed by atoms with Crippen LogP contribution in [0.5, 0.6) is 11.5 Å². The van der Waals surface area contributed by atoms with E-state index in [1.54, 1.807) is 7.11 Å². The Morgan fingerprint density at radius 3 is 2.33 bits per heavy atom. The van der Waals surface area contributed by atoms with Crippen LogP contribution in [0, 0.1) is 0 Å². The summed E-state index contributed by atoms with van der Waals surface area (Å²) in [6.07, 6.45) is 7.88. The van der Waals surface area contributed by atoms with Gasteiger partial charge in [0.25, 0.3) is 0 Å². The van der Waals surface area contributed by atoms with Crippen molar-refractivity contribution in [2.75, 3.05) is 7.11 Å². The van der Waals surface area contributed by atoms with E-state index in [0.717, 1.165) is 36.3 Å². The number of methoxy groups -OCH3 is 1. The molecule has 3 aromatic rings. The average molecular weight is 401 g/mol. The van der Waals surface area contributed by atoms with Gasteiger partial charge in [0.05, 0.1) is 19.3 Å². The number of hydrogen-bond acceptors (Lipinski definition) is 3. The second-order valence-electron chi connectivity index (χ2n) is 7.57. The maximum Gasteiger partial charge on any atom is 0.119 e. The standard InChI is InChI=1S/C27H28O3/c1-28-24-18-13-23(14-19-24)27-9-5-8-26(30-27)17-12-21-10-15-25(16-11-21)29-20-22-6-3-2-4-7-22/h2-4,6-7,10-19,26-27H,5,8-9,20H2,1H3/t26-,27+/m1/s1. The third-order valence-electron chi connectivity index (χ3n) is 5.41. The van der Waals surface area contributed by atoms with E-state index in [1.165, 1.54) is 11.1 Å². The van der Waals surface area contributed by atoms with E-state index in [0.29, 0.717) is 6.61 Å². The highest BCUT2D eigenvalue weighted by Gasteiger charge is 2.22. The molecule has 0 spiro atoms. The molecule has 0 amide bonds. The molecule has 1 saturated heterocycles. The zero-order valence-corrected chi connectivity index (χ0v) is 17.4. The Bertz CT molecular complexity index is 930. The first-order valence-corrected chi connectivity index (χ1v) is 10.5. The molecule has 154 valence electrons. The van der Waals surface area contributed by atoms with Crippen molar-refractivity contribution in [2.45, 2.75) is 38.1 Å². The van der Waals surface area contributed by atoms with E-state index in [-0.39, 0.29) is 12.2 Å². The van der Waals surface area contributed by atoms with Gasteiger partial charge < -0.3 is 14.2 Å². The van der Waals surface area contributed by atoms with Gasteiger partial charge in [0.1, 0.15) is 18.1 Å². The fraction of sp³-hybridized carbons (Fsp3) is 0.259. The fourth-order valence-corrected chi connectivity index (χ4v) is 3.69. The van der Waals surface area contributed by atoms with E-state index in [2.05, 4.69) is 48.6 Å². The highest BCUT2D eigenvalue weighted by molar-refractivity contribution is 5.51. The summed E-state index contributed by atoms with van der Waals surface area (Å²) in [5.74, 6) is 1.76. The lowest BCUT2D eigenvalue weighted by Gasteiger charge is -2.28. The van der Waals surface area contributed by atoms with E-state index in [4.69, 9.17) is 14.2 Å². The number of rotatable bonds is 7. The summed E-state index contributed by atoms with van der Waals surface area (Å²) in [6, 6.07) is 26.6. The first kappa shape index (κ1) is 20.2. The van der Waals surface area contributed by atoms with Gasteiger partial charge in [-0.3, -0.25) is 0 Å². The van der Waals surface area contributed by atoms with Crippen LogP contribution in [0.4, 0.5) is 0 Å². The van der Waals surface area contributed by atoms with Gasteiger partial charge in [-0.25, -0.2) is 0 Å². The van der Waals surface area contributed by atoms with E-state index < -0.39 is 0 Å². The molecule has 30 heavy (non-hydrogen) atoms. The van der Waals surface area contributed by atoms with Crippen LogP contribution in [0.25, 0.3) is 6.08 Å². The Balaban J connectivity index is 1.31. The second-order valence-corrected chi connectivity index (χ2v) is 7.57. The minimum atomic E-state index is 0.139. The first-order valence-electron chi connectivity index (χ1n) is 10.5. The summed E-state index contributed by atoms with van der Waals surface area (Å²) in [5.41, 5.74) is 3.54. The zero-order chi connectivity index (χ0) is 20.6. The monoisotopic (exact) mass is 400 g/mol. The number of hydrogen-bond donors (Lipinski definition) is 0. The van der Waals surface area contributed by atoms with E-state index >= 15 is 0 Å². The lowest BCUT2D eigenvalue weighted by Crippen LogP contribution is -2.20. The molecular formula is C27H28O3. The van der Waals surface area contributed by atoms with Gasteiger partial charge >= 0.3 is 0 Å². The van der Waals surface area contributed by atoms with Gasteiger partial charge in [-0.1, -0.05) is 66.7 Å². The molecule has 0 aliphatic carbocycles. The smallest absolute Gasteiger partial charge is 0.119 e. The minimum Gasteiger partial charge on any atom is -0.497 e. The first-order chi connectivity index (χ1) is 14.8. The molecule has 0 aromatic heterocycles. The molecule has 1 aliphatic heterocycles. The third-order valence-corrected chi connectivity index (χ3v) is 5.41. The number of benzene rings is 3. The van der Waals surface area contributed by atoms with Gasteiger partial charge in [-0.2, -0.15) is 0 Å². The largest absolute Gasteiger partial charge is 0.497 e. The van der Waals surface area contributed by atoms with Crippen LogP contribution >= 0.6 is 0 Å². The Hall–Kier alpha value is -3.04. The van der Waals surface area contributed by atoms with Crippen molar-refractivity contribution in [1.29, 1.82) is 0 Å². The lowest BCUT2D eigenvalue weighted by atomic mass is 9.98. The molecule has 3 aromatic carbocycles. The average Bonchev–Trinajstić information content (AvgIpc) is 2.83. The van der Waals surface area contributed by atoms with Crippen LogP contribution in [-0.4, -0.2) is 13.2 Å². The van der Waals surface area contributed by atoms with Crippen molar-refractivity contribution in [2.24, 2.45) is 0 Å². The quantitative estimate of drug-likeness (QED) is 0.447. The summed E-state index contributed by atoms with van der Waals surface area (Å²) in [4.78, 5) is 0. The van der Waals surface area contributed by atoms with Crippen molar-refractivity contribution in [1.82, 2.24) is 0 Å². The Kier molecular flexibility index (Phi) is 6.83. The zero-order valence-electron chi connectivity index (χ0n) is 17.4. The molecule has 3 heteroatoms. The van der Waals surface area contributed by atoms with Crippen molar-refractivity contribution < 1.29 is 14.2 Å². The third kappa shape index (κ3) is 5.52. The molecule has 1 aliphatic rings. The van der Waals surface area contributed by atoms with Crippen LogP contribution in [0.3, 0.4) is 0 Å². The maximum absolute atomic E-state index is 6.33. The molecule has 0 saturated carbocycles. The Morgan fingerprint density at radius 2 is 1.60 bits per heavy atom. The Labute approximate surface area is 178 Å². The van der Waals surface area contributed by atoms with Crippen LogP contribution in [-0.2, 0) is 11.3 Å². The maximum atomic E-state index is 6.33. The van der Waals surface area contributed by atoms with Crippen molar-refractivity contribution in [3.05, 3.63) is 102 Å². The van der Waals surface area contributed by atoms with Gasteiger partial charge in [0, 0.05) is 0 Å². The second kappa shape index (κ2) is 10.1. The number of ether oxygens (including phenoxy) is 3.